The Labute approximate surface area is 104 Å². The minimum Gasteiger partial charge on any atom is -0.389 e. The van der Waals surface area contributed by atoms with Crippen LogP contribution in [0.3, 0.4) is 0 Å². The molecule has 0 unspecified atom stereocenters. The molecule has 96 valence electrons. The van der Waals surface area contributed by atoms with Gasteiger partial charge in [-0.3, -0.25) is 0 Å². The number of hydrogen-bond donors (Lipinski definition) is 2. The van der Waals surface area contributed by atoms with Gasteiger partial charge < -0.3 is 15.2 Å². The Kier molecular flexibility index (Phi) is 6.86. The highest BCUT2D eigenvalue weighted by molar-refractivity contribution is 5.14. The van der Waals surface area contributed by atoms with Crippen LogP contribution < -0.4 is 5.32 Å². The van der Waals surface area contributed by atoms with Crippen LogP contribution in [0.15, 0.2) is 30.3 Å². The first-order valence-electron chi connectivity index (χ1n) is 6.19. The number of rotatable bonds is 8. The van der Waals surface area contributed by atoms with Gasteiger partial charge in [-0.25, -0.2) is 0 Å². The Balaban J connectivity index is 2.06. The highest BCUT2D eigenvalue weighted by Gasteiger charge is 2.04. The molecule has 0 aliphatic heterocycles. The van der Waals surface area contributed by atoms with E-state index >= 15 is 0 Å². The molecule has 1 aromatic rings. The van der Waals surface area contributed by atoms with Crippen molar-refractivity contribution in [2.24, 2.45) is 5.92 Å². The predicted octanol–water partition coefficient (Wildman–Crippen LogP) is 1.81. The van der Waals surface area contributed by atoms with E-state index < -0.39 is 6.10 Å². The maximum Gasteiger partial charge on any atom is 0.0897 e. The van der Waals surface area contributed by atoms with E-state index in [0.717, 1.165) is 6.54 Å². The van der Waals surface area contributed by atoms with Gasteiger partial charge in [0.2, 0.25) is 0 Å². The van der Waals surface area contributed by atoms with Crippen LogP contribution in [0.25, 0.3) is 0 Å². The Morgan fingerprint density at radius 1 is 1.18 bits per heavy atom. The molecule has 0 aromatic heterocycles. The molecule has 1 atom stereocenters. The van der Waals surface area contributed by atoms with Gasteiger partial charge in [0.25, 0.3) is 0 Å². The first kappa shape index (κ1) is 14.2. The average Bonchev–Trinajstić information content (AvgIpc) is 2.30. The Hall–Kier alpha value is -0.900. The Morgan fingerprint density at radius 2 is 1.88 bits per heavy atom. The van der Waals surface area contributed by atoms with Crippen molar-refractivity contribution in [1.82, 2.24) is 5.32 Å². The molecule has 0 saturated heterocycles. The van der Waals surface area contributed by atoms with Crippen molar-refractivity contribution < 1.29 is 9.84 Å². The maximum atomic E-state index is 9.65. The first-order valence-corrected chi connectivity index (χ1v) is 6.19. The summed E-state index contributed by atoms with van der Waals surface area (Å²) in [5, 5.41) is 12.9. The topological polar surface area (TPSA) is 41.5 Å². The SMILES string of the molecule is CC(C)COC[C@@H](O)CNCc1ccccc1. The summed E-state index contributed by atoms with van der Waals surface area (Å²) in [6, 6.07) is 10.2. The van der Waals surface area contributed by atoms with Crippen molar-refractivity contribution in [1.29, 1.82) is 0 Å². The molecule has 0 aliphatic rings. The molecule has 0 saturated carbocycles. The summed E-state index contributed by atoms with van der Waals surface area (Å²) in [6.45, 7) is 6.64. The second-order valence-electron chi connectivity index (χ2n) is 4.70. The fraction of sp³-hybridized carbons (Fsp3) is 0.571. The van der Waals surface area contributed by atoms with Crippen molar-refractivity contribution in [2.45, 2.75) is 26.5 Å². The third-order valence-electron chi connectivity index (χ3n) is 2.31. The fourth-order valence-electron chi connectivity index (χ4n) is 1.48. The van der Waals surface area contributed by atoms with Gasteiger partial charge in [0, 0.05) is 19.7 Å². The number of aliphatic hydroxyl groups excluding tert-OH is 1. The first-order chi connectivity index (χ1) is 8.18. The van der Waals surface area contributed by atoms with Crippen LogP contribution in [0.4, 0.5) is 0 Å². The average molecular weight is 237 g/mol. The van der Waals surface area contributed by atoms with Gasteiger partial charge in [-0.05, 0) is 11.5 Å². The molecular formula is C14H23NO2. The molecule has 0 bridgehead atoms. The van der Waals surface area contributed by atoms with Gasteiger partial charge in [0.15, 0.2) is 0 Å². The van der Waals surface area contributed by atoms with Gasteiger partial charge in [0.1, 0.15) is 0 Å². The molecule has 0 amide bonds. The lowest BCUT2D eigenvalue weighted by Crippen LogP contribution is -2.30. The molecule has 0 spiro atoms. The molecular weight excluding hydrogens is 214 g/mol. The zero-order chi connectivity index (χ0) is 12.5. The van der Waals surface area contributed by atoms with E-state index in [0.29, 0.717) is 25.7 Å². The molecule has 0 heterocycles. The van der Waals surface area contributed by atoms with Gasteiger partial charge in [-0.1, -0.05) is 44.2 Å². The predicted molar refractivity (Wildman–Crippen MR) is 69.8 cm³/mol. The lowest BCUT2D eigenvalue weighted by molar-refractivity contribution is 0.0260. The van der Waals surface area contributed by atoms with Crippen LogP contribution in [0.2, 0.25) is 0 Å². The van der Waals surface area contributed by atoms with Gasteiger partial charge in [-0.2, -0.15) is 0 Å². The number of aliphatic hydroxyl groups is 1. The van der Waals surface area contributed by atoms with Crippen LogP contribution in [0, 0.1) is 5.92 Å². The zero-order valence-corrected chi connectivity index (χ0v) is 10.7. The summed E-state index contributed by atoms with van der Waals surface area (Å²) in [5.74, 6) is 0.513. The van der Waals surface area contributed by atoms with Crippen LogP contribution in [-0.2, 0) is 11.3 Å². The second-order valence-corrected chi connectivity index (χ2v) is 4.70. The molecule has 0 fully saturated rings. The number of nitrogens with one attached hydrogen (secondary N) is 1. The van der Waals surface area contributed by atoms with Gasteiger partial charge in [-0.15, -0.1) is 0 Å². The van der Waals surface area contributed by atoms with Crippen LogP contribution in [0.1, 0.15) is 19.4 Å². The summed E-state index contributed by atoms with van der Waals surface area (Å²) in [6.07, 6.45) is -0.433. The van der Waals surface area contributed by atoms with E-state index in [1.807, 2.05) is 18.2 Å². The third-order valence-corrected chi connectivity index (χ3v) is 2.31. The fourth-order valence-corrected chi connectivity index (χ4v) is 1.48. The minimum absolute atomic E-state index is 0.403. The van der Waals surface area contributed by atoms with E-state index in [2.05, 4.69) is 31.3 Å². The Bertz CT molecular complexity index is 288. The summed E-state index contributed by atoms with van der Waals surface area (Å²) >= 11 is 0. The summed E-state index contributed by atoms with van der Waals surface area (Å²) < 4.78 is 5.37. The van der Waals surface area contributed by atoms with Gasteiger partial charge >= 0.3 is 0 Å². The lowest BCUT2D eigenvalue weighted by atomic mass is 10.2. The van der Waals surface area contributed by atoms with Crippen molar-refractivity contribution in [3.8, 4) is 0 Å². The number of benzene rings is 1. The number of hydrogen-bond acceptors (Lipinski definition) is 3. The molecule has 0 aliphatic carbocycles. The molecule has 1 rings (SSSR count). The van der Waals surface area contributed by atoms with E-state index in [1.54, 1.807) is 0 Å². The molecule has 0 radical (unpaired) electrons. The largest absolute Gasteiger partial charge is 0.389 e. The van der Waals surface area contributed by atoms with Crippen molar-refractivity contribution in [2.75, 3.05) is 19.8 Å². The van der Waals surface area contributed by atoms with Crippen LogP contribution in [-0.4, -0.2) is 31.0 Å². The van der Waals surface area contributed by atoms with Gasteiger partial charge in [0.05, 0.1) is 12.7 Å². The Morgan fingerprint density at radius 3 is 2.53 bits per heavy atom. The summed E-state index contributed by atoms with van der Waals surface area (Å²) in [7, 11) is 0. The molecule has 2 N–H and O–H groups in total. The normalized spacial score (nSPS) is 12.9. The van der Waals surface area contributed by atoms with E-state index in [4.69, 9.17) is 4.74 Å². The highest BCUT2D eigenvalue weighted by atomic mass is 16.5. The zero-order valence-electron chi connectivity index (χ0n) is 10.7. The lowest BCUT2D eigenvalue weighted by Gasteiger charge is -2.13. The molecule has 17 heavy (non-hydrogen) atoms. The molecule has 3 heteroatoms. The molecule has 1 aromatic carbocycles. The van der Waals surface area contributed by atoms with Crippen molar-refractivity contribution in [3.63, 3.8) is 0 Å². The third kappa shape index (κ3) is 7.10. The van der Waals surface area contributed by atoms with Crippen molar-refractivity contribution >= 4 is 0 Å². The quantitative estimate of drug-likeness (QED) is 0.724. The smallest absolute Gasteiger partial charge is 0.0897 e. The highest BCUT2D eigenvalue weighted by Crippen LogP contribution is 1.97. The van der Waals surface area contributed by atoms with E-state index in [1.165, 1.54) is 5.56 Å². The molecule has 3 nitrogen and oxygen atoms in total. The van der Waals surface area contributed by atoms with E-state index in [9.17, 15) is 5.11 Å². The summed E-state index contributed by atoms with van der Waals surface area (Å²) in [4.78, 5) is 0. The van der Waals surface area contributed by atoms with Crippen LogP contribution in [0.5, 0.6) is 0 Å². The second kappa shape index (κ2) is 8.23. The van der Waals surface area contributed by atoms with Crippen molar-refractivity contribution in [3.05, 3.63) is 35.9 Å². The standard InChI is InChI=1S/C14H23NO2/c1-12(2)10-17-11-14(16)9-15-8-13-6-4-3-5-7-13/h3-7,12,14-16H,8-11H2,1-2H3/t14-/m0/s1. The summed E-state index contributed by atoms with van der Waals surface area (Å²) in [5.41, 5.74) is 1.22. The number of ether oxygens (including phenoxy) is 1. The monoisotopic (exact) mass is 237 g/mol. The maximum absolute atomic E-state index is 9.65. The minimum atomic E-state index is -0.433. The van der Waals surface area contributed by atoms with Crippen LogP contribution >= 0.6 is 0 Å². The van der Waals surface area contributed by atoms with E-state index in [-0.39, 0.29) is 0 Å².